The van der Waals surface area contributed by atoms with E-state index in [0.29, 0.717) is 29.4 Å². The molecule has 0 N–H and O–H groups in total. The summed E-state index contributed by atoms with van der Waals surface area (Å²) in [5.74, 6) is 2.54. The number of benzene rings is 2. The first-order valence-electron chi connectivity index (χ1n) is 6.13. The second kappa shape index (κ2) is 6.48. The van der Waals surface area contributed by atoms with E-state index >= 15 is 0 Å². The summed E-state index contributed by atoms with van der Waals surface area (Å²) in [4.78, 5) is 0. The van der Waals surface area contributed by atoms with Gasteiger partial charge in [0.25, 0.3) is 0 Å². The molecule has 0 saturated heterocycles. The predicted molar refractivity (Wildman–Crippen MR) is 75.4 cm³/mol. The van der Waals surface area contributed by atoms with Gasteiger partial charge < -0.3 is 14.2 Å². The smallest absolute Gasteiger partial charge is 0.164 e. The zero-order valence-electron chi connectivity index (χ0n) is 11.4. The lowest BCUT2D eigenvalue weighted by atomic mass is 10.1. The van der Waals surface area contributed by atoms with E-state index in [1.54, 1.807) is 32.4 Å². The summed E-state index contributed by atoms with van der Waals surface area (Å²) in [6.45, 7) is 0. The third-order valence-corrected chi connectivity index (χ3v) is 2.82. The first kappa shape index (κ1) is 13.8. The summed E-state index contributed by atoms with van der Waals surface area (Å²) >= 11 is 0. The minimum atomic E-state index is 0.309. The minimum Gasteiger partial charge on any atom is -0.493 e. The first-order chi connectivity index (χ1) is 9.78. The molecule has 0 spiro atoms. The summed E-state index contributed by atoms with van der Waals surface area (Å²) in [6, 6.07) is 14.9. The van der Waals surface area contributed by atoms with Crippen LogP contribution in [0, 0.1) is 11.3 Å². The van der Waals surface area contributed by atoms with E-state index in [4.69, 9.17) is 19.5 Å². The van der Waals surface area contributed by atoms with E-state index < -0.39 is 0 Å². The highest BCUT2D eigenvalue weighted by Gasteiger charge is 2.08. The normalized spacial score (nSPS) is 9.65. The van der Waals surface area contributed by atoms with Crippen LogP contribution in [0.25, 0.3) is 0 Å². The highest BCUT2D eigenvalue weighted by atomic mass is 16.5. The van der Waals surface area contributed by atoms with Crippen LogP contribution in [-0.4, -0.2) is 14.2 Å². The largest absolute Gasteiger partial charge is 0.493 e. The topological polar surface area (TPSA) is 51.5 Å². The van der Waals surface area contributed by atoms with Crippen LogP contribution in [0.1, 0.15) is 5.56 Å². The molecule has 0 radical (unpaired) electrons. The van der Waals surface area contributed by atoms with Gasteiger partial charge in [0.15, 0.2) is 11.5 Å². The van der Waals surface area contributed by atoms with Gasteiger partial charge in [0.1, 0.15) is 11.5 Å². The number of nitriles is 1. The zero-order valence-corrected chi connectivity index (χ0v) is 11.4. The molecule has 0 aromatic heterocycles. The molecular weight excluding hydrogens is 254 g/mol. The van der Waals surface area contributed by atoms with Crippen molar-refractivity contribution in [1.82, 2.24) is 0 Å². The number of methoxy groups -OCH3 is 2. The number of nitrogens with zero attached hydrogens (tertiary/aromatic N) is 1. The summed E-state index contributed by atoms with van der Waals surface area (Å²) in [5, 5.41) is 8.82. The van der Waals surface area contributed by atoms with Crippen molar-refractivity contribution >= 4 is 0 Å². The van der Waals surface area contributed by atoms with Crippen LogP contribution < -0.4 is 14.2 Å². The molecule has 0 saturated carbocycles. The van der Waals surface area contributed by atoms with E-state index in [1.165, 1.54) is 0 Å². The number of ether oxygens (including phenoxy) is 3. The molecule has 2 aromatic carbocycles. The second-order valence-electron chi connectivity index (χ2n) is 4.06. The third kappa shape index (κ3) is 3.01. The van der Waals surface area contributed by atoms with Crippen LogP contribution in [-0.2, 0) is 6.42 Å². The van der Waals surface area contributed by atoms with Gasteiger partial charge in [-0.25, -0.2) is 0 Å². The van der Waals surface area contributed by atoms with E-state index in [2.05, 4.69) is 6.07 Å². The van der Waals surface area contributed by atoms with E-state index in [0.717, 1.165) is 5.56 Å². The quantitative estimate of drug-likeness (QED) is 0.832. The summed E-state index contributed by atoms with van der Waals surface area (Å²) in [7, 11) is 3.16. The van der Waals surface area contributed by atoms with Crippen molar-refractivity contribution in [2.75, 3.05) is 14.2 Å². The average molecular weight is 269 g/mol. The standard InChI is InChI=1S/C16H15NO3/c1-18-15-8-7-13(11-16(15)19-2)20-14-6-4-3-5-12(14)9-10-17/h3-8,11H,9H2,1-2H3. The molecule has 0 heterocycles. The number of para-hydroxylation sites is 1. The van der Waals surface area contributed by atoms with Crippen molar-refractivity contribution in [3.63, 3.8) is 0 Å². The van der Waals surface area contributed by atoms with Gasteiger partial charge in [0.05, 0.1) is 26.7 Å². The average Bonchev–Trinajstić information content (AvgIpc) is 2.49. The van der Waals surface area contributed by atoms with Gasteiger partial charge in [-0.15, -0.1) is 0 Å². The van der Waals surface area contributed by atoms with Crippen LogP contribution in [0.3, 0.4) is 0 Å². The monoisotopic (exact) mass is 269 g/mol. The molecule has 0 aliphatic carbocycles. The first-order valence-corrected chi connectivity index (χ1v) is 6.13. The van der Waals surface area contributed by atoms with Gasteiger partial charge in [0.2, 0.25) is 0 Å². The van der Waals surface area contributed by atoms with Crippen LogP contribution in [0.2, 0.25) is 0 Å². The van der Waals surface area contributed by atoms with Crippen LogP contribution in [0.4, 0.5) is 0 Å². The Labute approximate surface area is 118 Å². The number of hydrogen-bond donors (Lipinski definition) is 0. The highest BCUT2D eigenvalue weighted by molar-refractivity contribution is 5.47. The summed E-state index contributed by atoms with van der Waals surface area (Å²) in [6.07, 6.45) is 0.309. The molecule has 0 amide bonds. The van der Waals surface area contributed by atoms with Gasteiger partial charge in [0, 0.05) is 11.6 Å². The fourth-order valence-corrected chi connectivity index (χ4v) is 1.84. The van der Waals surface area contributed by atoms with Crippen molar-refractivity contribution in [2.45, 2.75) is 6.42 Å². The Balaban J connectivity index is 2.29. The van der Waals surface area contributed by atoms with E-state index in [-0.39, 0.29) is 0 Å². The molecule has 0 unspecified atom stereocenters. The Morgan fingerprint density at radius 3 is 2.40 bits per heavy atom. The molecule has 0 aliphatic heterocycles. The third-order valence-electron chi connectivity index (χ3n) is 2.82. The van der Waals surface area contributed by atoms with Gasteiger partial charge in [-0.3, -0.25) is 0 Å². The van der Waals surface area contributed by atoms with E-state index in [1.807, 2.05) is 24.3 Å². The lowest BCUT2D eigenvalue weighted by molar-refractivity contribution is 0.352. The number of rotatable bonds is 5. The maximum absolute atomic E-state index is 8.82. The molecule has 4 heteroatoms. The minimum absolute atomic E-state index is 0.309. The molecule has 20 heavy (non-hydrogen) atoms. The summed E-state index contributed by atoms with van der Waals surface area (Å²) < 4.78 is 16.2. The SMILES string of the molecule is COc1ccc(Oc2ccccc2CC#N)cc1OC. The predicted octanol–water partition coefficient (Wildman–Crippen LogP) is 3.56. The Hall–Kier alpha value is -2.67. The summed E-state index contributed by atoms with van der Waals surface area (Å²) in [5.41, 5.74) is 0.852. The van der Waals surface area contributed by atoms with Crippen molar-refractivity contribution < 1.29 is 14.2 Å². The Morgan fingerprint density at radius 1 is 0.950 bits per heavy atom. The highest BCUT2D eigenvalue weighted by Crippen LogP contribution is 2.34. The maximum atomic E-state index is 8.82. The van der Waals surface area contributed by atoms with E-state index in [9.17, 15) is 0 Å². The fourth-order valence-electron chi connectivity index (χ4n) is 1.84. The zero-order chi connectivity index (χ0) is 14.4. The van der Waals surface area contributed by atoms with Crippen LogP contribution >= 0.6 is 0 Å². The van der Waals surface area contributed by atoms with Crippen molar-refractivity contribution in [3.05, 3.63) is 48.0 Å². The van der Waals surface area contributed by atoms with Gasteiger partial charge in [-0.05, 0) is 18.2 Å². The molecule has 2 aromatic rings. The fraction of sp³-hybridized carbons (Fsp3) is 0.188. The molecule has 0 atom stereocenters. The van der Waals surface area contributed by atoms with Gasteiger partial charge >= 0.3 is 0 Å². The molecule has 4 nitrogen and oxygen atoms in total. The van der Waals surface area contributed by atoms with Crippen molar-refractivity contribution in [2.24, 2.45) is 0 Å². The lowest BCUT2D eigenvalue weighted by Crippen LogP contribution is -1.93. The Bertz CT molecular complexity index is 632. The maximum Gasteiger partial charge on any atom is 0.164 e. The number of hydrogen-bond acceptors (Lipinski definition) is 4. The molecule has 0 fully saturated rings. The molecular formula is C16H15NO3. The molecule has 102 valence electrons. The molecule has 0 aliphatic rings. The van der Waals surface area contributed by atoms with Crippen LogP contribution in [0.5, 0.6) is 23.0 Å². The Morgan fingerprint density at radius 2 is 1.70 bits per heavy atom. The lowest BCUT2D eigenvalue weighted by Gasteiger charge is -2.12. The second-order valence-corrected chi connectivity index (χ2v) is 4.06. The Kier molecular flexibility index (Phi) is 4.46. The molecule has 0 bridgehead atoms. The van der Waals surface area contributed by atoms with Crippen molar-refractivity contribution in [1.29, 1.82) is 5.26 Å². The van der Waals surface area contributed by atoms with Crippen molar-refractivity contribution in [3.8, 4) is 29.1 Å². The van der Waals surface area contributed by atoms with Crippen LogP contribution in [0.15, 0.2) is 42.5 Å². The van der Waals surface area contributed by atoms with Gasteiger partial charge in [-0.1, -0.05) is 18.2 Å². The van der Waals surface area contributed by atoms with Gasteiger partial charge in [-0.2, -0.15) is 5.26 Å². The molecule has 2 rings (SSSR count).